The van der Waals surface area contributed by atoms with Crippen LogP contribution in [0.1, 0.15) is 26.7 Å². The van der Waals surface area contributed by atoms with Crippen LogP contribution >= 0.6 is 0 Å². The van der Waals surface area contributed by atoms with Crippen molar-refractivity contribution in [3.05, 3.63) is 0 Å². The van der Waals surface area contributed by atoms with Crippen LogP contribution < -0.4 is 4.72 Å². The molecule has 0 rings (SSSR count). The average Bonchev–Trinajstić information content (AvgIpc) is 2.02. The van der Waals surface area contributed by atoms with E-state index in [9.17, 15) is 13.2 Å². The van der Waals surface area contributed by atoms with Crippen LogP contribution in [0.4, 0.5) is 0 Å². The van der Waals surface area contributed by atoms with Gasteiger partial charge in [0.25, 0.3) is 0 Å². The Balaban J connectivity index is 3.90. The van der Waals surface area contributed by atoms with Crippen molar-refractivity contribution in [3.63, 3.8) is 0 Å². The van der Waals surface area contributed by atoms with Crippen LogP contribution in [0.5, 0.6) is 0 Å². The molecule has 84 valence electrons. The van der Waals surface area contributed by atoms with E-state index in [2.05, 4.69) is 4.72 Å². The zero-order chi connectivity index (χ0) is 11.2. The lowest BCUT2D eigenvalue weighted by atomic mass is 10.2. The third-order valence-electron chi connectivity index (χ3n) is 1.86. The molecule has 0 spiro atoms. The number of carbonyl (C=O) groups is 1. The summed E-state index contributed by atoms with van der Waals surface area (Å²) in [5.74, 6) is -0.850. The highest BCUT2D eigenvalue weighted by atomic mass is 32.2. The minimum absolute atomic E-state index is 0.0336. The zero-order valence-corrected chi connectivity index (χ0v) is 9.30. The van der Waals surface area contributed by atoms with Crippen molar-refractivity contribution in [2.24, 2.45) is 5.92 Å². The molecule has 1 atom stereocenters. The Labute approximate surface area is 84.6 Å². The lowest BCUT2D eigenvalue weighted by Gasteiger charge is -2.09. The summed E-state index contributed by atoms with van der Waals surface area (Å²) in [6, 6.07) is 0. The Kier molecular flexibility index (Phi) is 5.71. The summed E-state index contributed by atoms with van der Waals surface area (Å²) in [6.45, 7) is 3.72. The number of rotatable bonds is 7. The van der Waals surface area contributed by atoms with E-state index in [0.717, 1.165) is 6.42 Å². The second-order valence-electron chi connectivity index (χ2n) is 3.33. The maximum absolute atomic E-state index is 11.3. The Morgan fingerprint density at radius 1 is 1.50 bits per heavy atom. The predicted octanol–water partition coefficient (Wildman–Crippen LogP) is 0.427. The molecule has 0 amide bonds. The standard InChI is InChI=1S/C8H17NO4S/c1-3-7(2)6-14(12,13)9-5-4-8(10)11/h7,9H,3-6H2,1-2H3,(H,10,11). The van der Waals surface area contributed by atoms with Gasteiger partial charge < -0.3 is 5.11 Å². The van der Waals surface area contributed by atoms with Gasteiger partial charge in [-0.05, 0) is 5.92 Å². The topological polar surface area (TPSA) is 83.5 Å². The number of aliphatic carboxylic acids is 1. The zero-order valence-electron chi connectivity index (χ0n) is 8.49. The van der Waals surface area contributed by atoms with Gasteiger partial charge in [-0.25, -0.2) is 13.1 Å². The first kappa shape index (κ1) is 13.4. The normalized spacial score (nSPS) is 13.9. The SMILES string of the molecule is CCC(C)CS(=O)(=O)NCCC(=O)O. The van der Waals surface area contributed by atoms with Gasteiger partial charge in [-0.1, -0.05) is 20.3 Å². The van der Waals surface area contributed by atoms with Crippen molar-refractivity contribution in [1.29, 1.82) is 0 Å². The summed E-state index contributed by atoms with van der Waals surface area (Å²) < 4.78 is 24.8. The van der Waals surface area contributed by atoms with Crippen LogP contribution in [0.15, 0.2) is 0 Å². The fourth-order valence-corrected chi connectivity index (χ4v) is 2.38. The highest BCUT2D eigenvalue weighted by Gasteiger charge is 2.13. The van der Waals surface area contributed by atoms with Crippen molar-refractivity contribution >= 4 is 16.0 Å². The summed E-state index contributed by atoms with van der Waals surface area (Å²) in [6.07, 6.45) is 0.611. The van der Waals surface area contributed by atoms with E-state index < -0.39 is 16.0 Å². The number of carboxylic acid groups (broad SMARTS) is 1. The Hall–Kier alpha value is -0.620. The molecule has 0 aromatic carbocycles. The summed E-state index contributed by atoms with van der Waals surface area (Å²) in [7, 11) is -3.30. The molecule has 0 bridgehead atoms. The molecule has 5 nitrogen and oxygen atoms in total. The molecule has 0 fully saturated rings. The average molecular weight is 223 g/mol. The first-order valence-corrected chi connectivity index (χ1v) is 6.21. The lowest BCUT2D eigenvalue weighted by molar-refractivity contribution is -0.136. The van der Waals surface area contributed by atoms with Crippen molar-refractivity contribution in [2.45, 2.75) is 26.7 Å². The van der Waals surface area contributed by atoms with E-state index in [4.69, 9.17) is 5.11 Å². The molecule has 0 aliphatic heterocycles. The molecule has 14 heavy (non-hydrogen) atoms. The number of nitrogens with one attached hydrogen (secondary N) is 1. The second-order valence-corrected chi connectivity index (χ2v) is 5.18. The molecule has 0 aromatic rings. The first-order valence-electron chi connectivity index (χ1n) is 4.56. The highest BCUT2D eigenvalue weighted by Crippen LogP contribution is 2.03. The van der Waals surface area contributed by atoms with Gasteiger partial charge in [-0.15, -0.1) is 0 Å². The Morgan fingerprint density at radius 2 is 2.07 bits per heavy atom. The summed E-state index contributed by atoms with van der Waals surface area (Å²) in [5, 5.41) is 8.30. The van der Waals surface area contributed by atoms with E-state index in [0.29, 0.717) is 0 Å². The largest absolute Gasteiger partial charge is 0.481 e. The number of hydrogen-bond acceptors (Lipinski definition) is 3. The minimum Gasteiger partial charge on any atom is -0.481 e. The van der Waals surface area contributed by atoms with Gasteiger partial charge in [0.05, 0.1) is 12.2 Å². The van der Waals surface area contributed by atoms with Crippen molar-refractivity contribution in [1.82, 2.24) is 4.72 Å². The van der Waals surface area contributed by atoms with E-state index in [1.165, 1.54) is 0 Å². The van der Waals surface area contributed by atoms with Crippen molar-refractivity contribution < 1.29 is 18.3 Å². The summed E-state index contributed by atoms with van der Waals surface area (Å²) in [4.78, 5) is 10.1. The fraction of sp³-hybridized carbons (Fsp3) is 0.875. The number of hydrogen-bond donors (Lipinski definition) is 2. The Bertz CT molecular complexity index is 273. The second kappa shape index (κ2) is 5.98. The van der Waals surface area contributed by atoms with Gasteiger partial charge in [-0.2, -0.15) is 0 Å². The highest BCUT2D eigenvalue weighted by molar-refractivity contribution is 7.89. The van der Waals surface area contributed by atoms with Gasteiger partial charge in [0.2, 0.25) is 10.0 Å². The number of carboxylic acids is 1. The lowest BCUT2D eigenvalue weighted by Crippen LogP contribution is -2.30. The quantitative estimate of drug-likeness (QED) is 0.655. The van der Waals surface area contributed by atoms with E-state index in [1.807, 2.05) is 13.8 Å². The summed E-state index contributed by atoms with van der Waals surface area (Å²) in [5.41, 5.74) is 0. The van der Waals surface area contributed by atoms with Gasteiger partial charge in [0, 0.05) is 6.54 Å². The van der Waals surface area contributed by atoms with Crippen LogP contribution in [0.2, 0.25) is 0 Å². The molecular formula is C8H17NO4S. The van der Waals surface area contributed by atoms with Gasteiger partial charge in [0.15, 0.2) is 0 Å². The molecule has 1 unspecified atom stereocenters. The van der Waals surface area contributed by atoms with E-state index in [1.54, 1.807) is 0 Å². The molecule has 0 saturated heterocycles. The van der Waals surface area contributed by atoms with E-state index >= 15 is 0 Å². The monoisotopic (exact) mass is 223 g/mol. The number of sulfonamides is 1. The van der Waals surface area contributed by atoms with Gasteiger partial charge >= 0.3 is 5.97 Å². The van der Waals surface area contributed by atoms with Crippen molar-refractivity contribution in [2.75, 3.05) is 12.3 Å². The molecule has 0 aliphatic carbocycles. The minimum atomic E-state index is -3.30. The van der Waals surface area contributed by atoms with Crippen LogP contribution in [0, 0.1) is 5.92 Å². The fourth-order valence-electron chi connectivity index (χ4n) is 0.865. The molecule has 0 radical (unpaired) electrons. The van der Waals surface area contributed by atoms with Crippen LogP contribution in [-0.2, 0) is 14.8 Å². The molecule has 6 heteroatoms. The molecular weight excluding hydrogens is 206 g/mol. The van der Waals surface area contributed by atoms with Crippen LogP contribution in [0.25, 0.3) is 0 Å². The third-order valence-corrected chi connectivity index (χ3v) is 3.51. The predicted molar refractivity (Wildman–Crippen MR) is 53.5 cm³/mol. The summed E-state index contributed by atoms with van der Waals surface area (Å²) >= 11 is 0. The van der Waals surface area contributed by atoms with Gasteiger partial charge in [0.1, 0.15) is 0 Å². The van der Waals surface area contributed by atoms with Crippen LogP contribution in [0.3, 0.4) is 0 Å². The molecule has 0 aromatic heterocycles. The van der Waals surface area contributed by atoms with Crippen molar-refractivity contribution in [3.8, 4) is 0 Å². The maximum atomic E-state index is 11.3. The first-order chi connectivity index (χ1) is 6.37. The molecule has 0 heterocycles. The van der Waals surface area contributed by atoms with Gasteiger partial charge in [-0.3, -0.25) is 4.79 Å². The smallest absolute Gasteiger partial charge is 0.304 e. The maximum Gasteiger partial charge on any atom is 0.304 e. The molecule has 0 aliphatic rings. The third kappa shape index (κ3) is 6.85. The molecule has 2 N–H and O–H groups in total. The van der Waals surface area contributed by atoms with E-state index in [-0.39, 0.29) is 24.6 Å². The Morgan fingerprint density at radius 3 is 2.50 bits per heavy atom. The van der Waals surface area contributed by atoms with Crippen LogP contribution in [-0.4, -0.2) is 31.8 Å². The molecule has 0 saturated carbocycles.